The molecule has 0 nitrogen and oxygen atoms in total. The van der Waals surface area contributed by atoms with Crippen molar-refractivity contribution in [2.75, 3.05) is 0 Å². The van der Waals surface area contributed by atoms with Gasteiger partial charge in [-0.05, 0) is 24.8 Å². The molecular weight excluding hydrogens is 170 g/mol. The van der Waals surface area contributed by atoms with Gasteiger partial charge in [-0.2, -0.15) is 0 Å². The number of hydrogen-bond acceptors (Lipinski definition) is 0. The zero-order chi connectivity index (χ0) is 10.1. The van der Waals surface area contributed by atoms with Gasteiger partial charge in [0.1, 0.15) is 0 Å². The molecule has 1 aliphatic rings. The summed E-state index contributed by atoms with van der Waals surface area (Å²) in [6, 6.07) is 0. The van der Waals surface area contributed by atoms with Crippen molar-refractivity contribution < 1.29 is 8.78 Å². The van der Waals surface area contributed by atoms with Gasteiger partial charge in [-0.3, -0.25) is 0 Å². The average Bonchev–Trinajstić information content (AvgIpc) is 2.03. The van der Waals surface area contributed by atoms with Crippen molar-refractivity contribution in [1.29, 1.82) is 0 Å². The van der Waals surface area contributed by atoms with E-state index >= 15 is 0 Å². The highest BCUT2D eigenvalue weighted by molar-refractivity contribution is 5.26. The Bertz CT molecular complexity index is 233. The average molecular weight is 186 g/mol. The molecule has 0 fully saturated rings. The molecule has 0 radical (unpaired) electrons. The summed E-state index contributed by atoms with van der Waals surface area (Å²) in [4.78, 5) is 0. The summed E-state index contributed by atoms with van der Waals surface area (Å²) in [7, 11) is 0. The molecule has 1 rings (SSSR count). The third kappa shape index (κ3) is 2.64. The third-order valence-corrected chi connectivity index (χ3v) is 2.60. The Morgan fingerprint density at radius 1 is 1.54 bits per heavy atom. The van der Waals surface area contributed by atoms with E-state index < -0.39 is 11.8 Å². The quantitative estimate of drug-likeness (QED) is 0.615. The molecule has 2 unspecified atom stereocenters. The van der Waals surface area contributed by atoms with Gasteiger partial charge < -0.3 is 0 Å². The first-order valence-corrected chi connectivity index (χ1v) is 4.67. The van der Waals surface area contributed by atoms with Gasteiger partial charge in [0.15, 0.2) is 0 Å². The zero-order valence-corrected chi connectivity index (χ0v) is 8.35. The number of allylic oxidation sites excluding steroid dienone is 4. The van der Waals surface area contributed by atoms with Gasteiger partial charge in [0.05, 0.1) is 0 Å². The standard InChI is InChI=1S/C11H16F2/c1-8-4-6-10(7-5-8)9(2)11(3,12)13/h4,6-9H,5H2,1-3H3. The monoisotopic (exact) mass is 186 g/mol. The van der Waals surface area contributed by atoms with Gasteiger partial charge >= 0.3 is 0 Å². The van der Waals surface area contributed by atoms with Crippen LogP contribution in [0.3, 0.4) is 0 Å². The molecule has 0 heterocycles. The molecule has 0 aliphatic heterocycles. The fraction of sp³-hybridized carbons (Fsp3) is 0.636. The summed E-state index contributed by atoms with van der Waals surface area (Å²) < 4.78 is 25.8. The Morgan fingerprint density at radius 2 is 2.15 bits per heavy atom. The second-order valence-corrected chi connectivity index (χ2v) is 3.95. The van der Waals surface area contributed by atoms with Crippen molar-refractivity contribution in [3.05, 3.63) is 23.8 Å². The zero-order valence-electron chi connectivity index (χ0n) is 8.35. The summed E-state index contributed by atoms with van der Waals surface area (Å²) >= 11 is 0. The van der Waals surface area contributed by atoms with Crippen LogP contribution in [0.15, 0.2) is 23.8 Å². The van der Waals surface area contributed by atoms with E-state index in [4.69, 9.17) is 0 Å². The number of halogens is 2. The van der Waals surface area contributed by atoms with Crippen LogP contribution < -0.4 is 0 Å². The van der Waals surface area contributed by atoms with E-state index in [2.05, 4.69) is 6.92 Å². The molecule has 0 saturated carbocycles. The normalized spacial score (nSPS) is 25.6. The molecule has 0 bridgehead atoms. The molecule has 2 atom stereocenters. The van der Waals surface area contributed by atoms with E-state index in [1.807, 2.05) is 18.2 Å². The van der Waals surface area contributed by atoms with Crippen LogP contribution in [-0.4, -0.2) is 5.92 Å². The lowest BCUT2D eigenvalue weighted by molar-refractivity contribution is -0.0173. The fourth-order valence-corrected chi connectivity index (χ4v) is 1.36. The predicted molar refractivity (Wildman–Crippen MR) is 50.8 cm³/mol. The maximum Gasteiger partial charge on any atom is 0.251 e. The van der Waals surface area contributed by atoms with Crippen molar-refractivity contribution >= 4 is 0 Å². The smallest absolute Gasteiger partial charge is 0.207 e. The van der Waals surface area contributed by atoms with Crippen LogP contribution in [0, 0.1) is 11.8 Å². The molecule has 0 aromatic rings. The third-order valence-electron chi connectivity index (χ3n) is 2.60. The van der Waals surface area contributed by atoms with Gasteiger partial charge in [0.25, 0.3) is 5.92 Å². The van der Waals surface area contributed by atoms with Crippen molar-refractivity contribution in [1.82, 2.24) is 0 Å². The lowest BCUT2D eigenvalue weighted by Gasteiger charge is -2.23. The largest absolute Gasteiger partial charge is 0.251 e. The van der Waals surface area contributed by atoms with E-state index in [-0.39, 0.29) is 0 Å². The first-order chi connectivity index (χ1) is 5.91. The Labute approximate surface area is 78.3 Å². The lowest BCUT2D eigenvalue weighted by Crippen LogP contribution is -2.23. The maximum absolute atomic E-state index is 12.9. The molecule has 0 N–H and O–H groups in total. The van der Waals surface area contributed by atoms with Gasteiger partial charge in [0.2, 0.25) is 0 Å². The minimum absolute atomic E-state index is 0.487. The van der Waals surface area contributed by atoms with Crippen LogP contribution in [0.5, 0.6) is 0 Å². The van der Waals surface area contributed by atoms with Crippen molar-refractivity contribution in [2.24, 2.45) is 11.8 Å². The van der Waals surface area contributed by atoms with E-state index in [1.165, 1.54) is 0 Å². The first-order valence-electron chi connectivity index (χ1n) is 4.67. The summed E-state index contributed by atoms with van der Waals surface area (Å²) in [6.45, 7) is 4.63. The number of hydrogen-bond donors (Lipinski definition) is 0. The fourth-order valence-electron chi connectivity index (χ4n) is 1.36. The van der Waals surface area contributed by atoms with Crippen molar-refractivity contribution in [2.45, 2.75) is 33.1 Å². The van der Waals surface area contributed by atoms with Crippen LogP contribution in [0.2, 0.25) is 0 Å². The molecular formula is C11H16F2. The number of rotatable bonds is 2. The van der Waals surface area contributed by atoms with Gasteiger partial charge in [-0.1, -0.05) is 32.1 Å². The van der Waals surface area contributed by atoms with E-state index in [0.717, 1.165) is 18.9 Å². The number of alkyl halides is 2. The van der Waals surface area contributed by atoms with Gasteiger partial charge in [0, 0.05) is 5.92 Å². The van der Waals surface area contributed by atoms with Crippen molar-refractivity contribution in [3.8, 4) is 0 Å². The molecule has 1 aliphatic carbocycles. The Hall–Kier alpha value is -0.660. The highest BCUT2D eigenvalue weighted by Gasteiger charge is 2.32. The Balaban J connectivity index is 2.70. The summed E-state index contributed by atoms with van der Waals surface area (Å²) in [5, 5.41) is 0. The predicted octanol–water partition coefficient (Wildman–Crippen LogP) is 3.80. The second-order valence-electron chi connectivity index (χ2n) is 3.95. The van der Waals surface area contributed by atoms with Crippen LogP contribution in [0.4, 0.5) is 8.78 Å². The van der Waals surface area contributed by atoms with Crippen molar-refractivity contribution in [3.63, 3.8) is 0 Å². The lowest BCUT2D eigenvalue weighted by atomic mass is 9.88. The first kappa shape index (κ1) is 10.4. The highest BCUT2D eigenvalue weighted by atomic mass is 19.3. The molecule has 2 heteroatoms. The molecule has 0 spiro atoms. The molecule has 0 aromatic carbocycles. The Morgan fingerprint density at radius 3 is 2.54 bits per heavy atom. The molecule has 0 saturated heterocycles. The highest BCUT2D eigenvalue weighted by Crippen LogP contribution is 2.32. The molecule has 74 valence electrons. The van der Waals surface area contributed by atoms with E-state index in [1.54, 1.807) is 6.92 Å². The van der Waals surface area contributed by atoms with E-state index in [9.17, 15) is 8.78 Å². The maximum atomic E-state index is 12.9. The minimum Gasteiger partial charge on any atom is -0.207 e. The molecule has 0 amide bonds. The van der Waals surface area contributed by atoms with Crippen LogP contribution in [0.1, 0.15) is 27.2 Å². The van der Waals surface area contributed by atoms with E-state index in [0.29, 0.717) is 5.92 Å². The molecule has 13 heavy (non-hydrogen) atoms. The topological polar surface area (TPSA) is 0 Å². The van der Waals surface area contributed by atoms with Crippen LogP contribution in [-0.2, 0) is 0 Å². The summed E-state index contributed by atoms with van der Waals surface area (Å²) in [5.74, 6) is -2.80. The molecule has 0 aromatic heterocycles. The second kappa shape index (κ2) is 3.60. The summed E-state index contributed by atoms with van der Waals surface area (Å²) in [6.07, 6.45) is 6.63. The van der Waals surface area contributed by atoms with Gasteiger partial charge in [-0.25, -0.2) is 8.78 Å². The minimum atomic E-state index is -2.61. The van der Waals surface area contributed by atoms with Crippen LogP contribution >= 0.6 is 0 Å². The summed E-state index contributed by atoms with van der Waals surface area (Å²) in [5.41, 5.74) is 0.769. The van der Waals surface area contributed by atoms with Gasteiger partial charge in [-0.15, -0.1) is 0 Å². The Kier molecular flexibility index (Phi) is 2.89. The van der Waals surface area contributed by atoms with Crippen LogP contribution in [0.25, 0.3) is 0 Å². The SMILES string of the molecule is CC1C=CC(C(C)C(C)(F)F)=CC1.